The van der Waals surface area contributed by atoms with E-state index in [0.29, 0.717) is 29.2 Å². The van der Waals surface area contributed by atoms with Crippen LogP contribution in [0.4, 0.5) is 5.69 Å². The van der Waals surface area contributed by atoms with Crippen molar-refractivity contribution in [1.29, 1.82) is 0 Å². The van der Waals surface area contributed by atoms with Crippen LogP contribution < -0.4 is 9.62 Å². The van der Waals surface area contributed by atoms with E-state index in [0.717, 1.165) is 32.1 Å². The molecule has 0 spiro atoms. The number of amides is 1. The maximum Gasteiger partial charge on any atom is 0.253 e. The molecule has 1 heterocycles. The van der Waals surface area contributed by atoms with Gasteiger partial charge in [-0.3, -0.25) is 9.10 Å². The van der Waals surface area contributed by atoms with E-state index >= 15 is 0 Å². The number of hydrogen-bond donors (Lipinski definition) is 1. The van der Waals surface area contributed by atoms with Crippen LogP contribution in [0.1, 0.15) is 61.7 Å². The average Bonchev–Trinajstić information content (AvgIpc) is 2.83. The molecule has 3 rings (SSSR count). The Morgan fingerprint density at radius 1 is 1.08 bits per heavy atom. The Labute approximate surface area is 154 Å². The number of halogens is 1. The molecule has 25 heavy (non-hydrogen) atoms. The first-order chi connectivity index (χ1) is 12.0. The van der Waals surface area contributed by atoms with Crippen LogP contribution in [0.15, 0.2) is 18.2 Å². The van der Waals surface area contributed by atoms with Crippen molar-refractivity contribution >= 4 is 33.2 Å². The molecular weight excluding hydrogens is 360 g/mol. The highest BCUT2D eigenvalue weighted by Crippen LogP contribution is 2.28. The van der Waals surface area contributed by atoms with Gasteiger partial charge in [0.2, 0.25) is 10.0 Å². The van der Waals surface area contributed by atoms with E-state index in [-0.39, 0.29) is 17.7 Å². The summed E-state index contributed by atoms with van der Waals surface area (Å²) >= 11 is 6.30. The van der Waals surface area contributed by atoms with E-state index in [9.17, 15) is 13.2 Å². The molecule has 138 valence electrons. The fourth-order valence-corrected chi connectivity index (χ4v) is 5.50. The molecule has 1 aliphatic heterocycles. The van der Waals surface area contributed by atoms with E-state index in [1.54, 1.807) is 18.2 Å². The van der Waals surface area contributed by atoms with Crippen molar-refractivity contribution in [2.45, 2.75) is 57.4 Å². The van der Waals surface area contributed by atoms with Crippen LogP contribution in [0.3, 0.4) is 0 Å². The minimum atomic E-state index is -3.28. The Bertz CT molecular complexity index is 728. The Morgan fingerprint density at radius 2 is 1.80 bits per heavy atom. The monoisotopic (exact) mass is 384 g/mol. The standard InChI is InChI=1S/C18H25ClN2O3S/c19-17-13-15(21-11-5-6-12-25(21,23)24)9-10-16(17)18(22)20-14-7-3-1-2-4-8-14/h9-10,13-14H,1-8,11-12H2,(H,20,22). The van der Waals surface area contributed by atoms with E-state index < -0.39 is 10.0 Å². The van der Waals surface area contributed by atoms with Crippen molar-refractivity contribution in [3.63, 3.8) is 0 Å². The maximum atomic E-state index is 12.5. The van der Waals surface area contributed by atoms with Gasteiger partial charge in [0.1, 0.15) is 0 Å². The van der Waals surface area contributed by atoms with E-state index in [4.69, 9.17) is 11.6 Å². The van der Waals surface area contributed by atoms with Gasteiger partial charge in [0.05, 0.1) is 22.0 Å². The number of nitrogens with one attached hydrogen (secondary N) is 1. The first kappa shape index (κ1) is 18.5. The van der Waals surface area contributed by atoms with E-state index in [2.05, 4.69) is 5.32 Å². The van der Waals surface area contributed by atoms with Crippen LogP contribution in [-0.4, -0.2) is 32.7 Å². The predicted octanol–water partition coefficient (Wildman–Crippen LogP) is 3.72. The largest absolute Gasteiger partial charge is 0.349 e. The predicted molar refractivity (Wildman–Crippen MR) is 101 cm³/mol. The summed E-state index contributed by atoms with van der Waals surface area (Å²) < 4.78 is 25.8. The summed E-state index contributed by atoms with van der Waals surface area (Å²) in [5.74, 6) is -0.0147. The molecule has 1 saturated carbocycles. The number of hydrogen-bond acceptors (Lipinski definition) is 3. The normalized spacial score (nSPS) is 21.6. The molecule has 1 aliphatic carbocycles. The summed E-state index contributed by atoms with van der Waals surface area (Å²) in [6.07, 6.45) is 8.28. The lowest BCUT2D eigenvalue weighted by Gasteiger charge is -2.28. The summed E-state index contributed by atoms with van der Waals surface area (Å²) in [4.78, 5) is 12.5. The molecule has 2 fully saturated rings. The van der Waals surface area contributed by atoms with Crippen molar-refractivity contribution in [3.8, 4) is 0 Å². The van der Waals surface area contributed by atoms with E-state index in [1.807, 2.05) is 0 Å². The van der Waals surface area contributed by atoms with Gasteiger partial charge >= 0.3 is 0 Å². The Morgan fingerprint density at radius 3 is 2.44 bits per heavy atom. The summed E-state index contributed by atoms with van der Waals surface area (Å²) in [7, 11) is -3.28. The van der Waals surface area contributed by atoms with Gasteiger partial charge in [0, 0.05) is 12.6 Å². The van der Waals surface area contributed by atoms with Gasteiger partial charge in [-0.2, -0.15) is 0 Å². The molecule has 0 aromatic heterocycles. The number of rotatable bonds is 3. The smallest absolute Gasteiger partial charge is 0.253 e. The molecule has 1 N–H and O–H groups in total. The fraction of sp³-hybridized carbons (Fsp3) is 0.611. The van der Waals surface area contributed by atoms with Crippen LogP contribution >= 0.6 is 11.6 Å². The lowest BCUT2D eigenvalue weighted by molar-refractivity contribution is 0.0933. The number of carbonyl (C=O) groups excluding carboxylic acids is 1. The fourth-order valence-electron chi connectivity index (χ4n) is 3.61. The number of nitrogens with zero attached hydrogens (tertiary/aromatic N) is 1. The molecule has 1 saturated heterocycles. The molecule has 5 nitrogen and oxygen atoms in total. The Hall–Kier alpha value is -1.27. The summed E-state index contributed by atoms with van der Waals surface area (Å²) in [6.45, 7) is 0.465. The first-order valence-electron chi connectivity index (χ1n) is 9.08. The molecule has 7 heteroatoms. The van der Waals surface area contributed by atoms with Crippen LogP contribution in [0.2, 0.25) is 5.02 Å². The van der Waals surface area contributed by atoms with Gasteiger partial charge in [0.15, 0.2) is 0 Å². The molecule has 0 atom stereocenters. The second-order valence-electron chi connectivity index (χ2n) is 6.92. The number of anilines is 1. The van der Waals surface area contributed by atoms with Crippen LogP contribution in [0, 0.1) is 0 Å². The molecular formula is C18H25ClN2O3S. The topological polar surface area (TPSA) is 66.5 Å². The second-order valence-corrected chi connectivity index (χ2v) is 9.34. The van der Waals surface area contributed by atoms with Crippen LogP contribution in [0.5, 0.6) is 0 Å². The first-order valence-corrected chi connectivity index (χ1v) is 11.1. The van der Waals surface area contributed by atoms with Crippen LogP contribution in [0.25, 0.3) is 0 Å². The number of benzene rings is 1. The van der Waals surface area contributed by atoms with Gasteiger partial charge in [0.25, 0.3) is 5.91 Å². The minimum Gasteiger partial charge on any atom is -0.349 e. The minimum absolute atomic E-state index is 0.161. The van der Waals surface area contributed by atoms with Gasteiger partial charge < -0.3 is 5.32 Å². The summed E-state index contributed by atoms with van der Waals surface area (Å²) in [5, 5.41) is 3.37. The SMILES string of the molecule is O=C(NC1CCCCCC1)c1ccc(N2CCCCS2(=O)=O)cc1Cl. The van der Waals surface area contributed by atoms with Crippen molar-refractivity contribution in [3.05, 3.63) is 28.8 Å². The quantitative estimate of drug-likeness (QED) is 0.807. The number of carbonyl (C=O) groups is 1. The summed E-state index contributed by atoms with van der Waals surface area (Å²) in [5.41, 5.74) is 0.944. The van der Waals surface area contributed by atoms with Crippen molar-refractivity contribution in [1.82, 2.24) is 5.32 Å². The Kier molecular flexibility index (Phi) is 5.89. The zero-order valence-corrected chi connectivity index (χ0v) is 15.9. The maximum absolute atomic E-state index is 12.5. The third-order valence-corrected chi connectivity index (χ3v) is 7.21. The highest BCUT2D eigenvalue weighted by molar-refractivity contribution is 7.92. The molecule has 1 amide bonds. The molecule has 0 radical (unpaired) electrons. The third kappa shape index (κ3) is 4.47. The van der Waals surface area contributed by atoms with Crippen molar-refractivity contribution < 1.29 is 13.2 Å². The third-order valence-electron chi connectivity index (χ3n) is 5.02. The molecule has 1 aromatic rings. The molecule has 1 aromatic carbocycles. The number of sulfonamides is 1. The van der Waals surface area contributed by atoms with Gasteiger partial charge in [-0.05, 0) is 43.9 Å². The lowest BCUT2D eigenvalue weighted by Crippen LogP contribution is -2.38. The summed E-state index contributed by atoms with van der Waals surface area (Å²) in [6, 6.07) is 5.10. The highest BCUT2D eigenvalue weighted by atomic mass is 35.5. The lowest BCUT2D eigenvalue weighted by atomic mass is 10.1. The highest BCUT2D eigenvalue weighted by Gasteiger charge is 2.27. The van der Waals surface area contributed by atoms with Crippen molar-refractivity contribution in [2.75, 3.05) is 16.6 Å². The van der Waals surface area contributed by atoms with Gasteiger partial charge in [-0.15, -0.1) is 0 Å². The van der Waals surface area contributed by atoms with Gasteiger partial charge in [-0.1, -0.05) is 37.3 Å². The molecule has 2 aliphatic rings. The average molecular weight is 385 g/mol. The van der Waals surface area contributed by atoms with Crippen molar-refractivity contribution in [2.24, 2.45) is 0 Å². The van der Waals surface area contributed by atoms with Crippen LogP contribution in [-0.2, 0) is 10.0 Å². The second kappa shape index (κ2) is 7.96. The van der Waals surface area contributed by atoms with Gasteiger partial charge in [-0.25, -0.2) is 8.42 Å². The van der Waals surface area contributed by atoms with E-state index in [1.165, 1.54) is 17.1 Å². The molecule has 0 bridgehead atoms. The Balaban J connectivity index is 1.74. The molecule has 0 unspecified atom stereocenters. The zero-order valence-electron chi connectivity index (χ0n) is 14.3. The zero-order chi connectivity index (χ0) is 17.9.